The molecule has 35 heavy (non-hydrogen) atoms. The van der Waals surface area contributed by atoms with Crippen LogP contribution in [-0.2, 0) is 13.0 Å². The number of nitrogens with zero attached hydrogens (tertiary/aromatic N) is 3. The number of thioether (sulfide) groups is 1. The zero-order valence-electron chi connectivity index (χ0n) is 20.3. The monoisotopic (exact) mass is 493 g/mol. The Morgan fingerprint density at radius 1 is 1.14 bits per heavy atom. The average Bonchev–Trinajstić information content (AvgIpc) is 3.62. The maximum absolute atomic E-state index is 14.1. The van der Waals surface area contributed by atoms with Crippen molar-refractivity contribution in [1.82, 2.24) is 14.8 Å². The number of benzene rings is 2. The van der Waals surface area contributed by atoms with Gasteiger partial charge in [-0.3, -0.25) is 9.36 Å². The number of rotatable bonds is 10. The lowest BCUT2D eigenvalue weighted by Crippen LogP contribution is -2.24. The van der Waals surface area contributed by atoms with Gasteiger partial charge in [0.05, 0.1) is 5.75 Å². The Kier molecular flexibility index (Phi) is 7.23. The molecule has 0 radical (unpaired) electrons. The highest BCUT2D eigenvalue weighted by atomic mass is 32.2. The van der Waals surface area contributed by atoms with Crippen LogP contribution in [0.1, 0.15) is 67.3 Å². The van der Waals surface area contributed by atoms with E-state index in [1.165, 1.54) is 49.1 Å². The van der Waals surface area contributed by atoms with Gasteiger partial charge in [-0.15, -0.1) is 10.2 Å². The van der Waals surface area contributed by atoms with E-state index in [9.17, 15) is 9.18 Å². The number of ketones is 1. The Hall–Kier alpha value is -2.67. The molecule has 0 spiro atoms. The molecule has 1 heterocycles. The molecule has 5 rings (SSSR count). The van der Waals surface area contributed by atoms with Crippen LogP contribution >= 0.6 is 11.8 Å². The van der Waals surface area contributed by atoms with Crippen molar-refractivity contribution in [3.05, 3.63) is 71.3 Å². The van der Waals surface area contributed by atoms with Gasteiger partial charge in [-0.25, -0.2) is 4.39 Å². The highest BCUT2D eigenvalue weighted by Gasteiger charge is 2.43. The van der Waals surface area contributed by atoms with Gasteiger partial charge in [0.2, 0.25) is 0 Å². The lowest BCUT2D eigenvalue weighted by atomic mass is 9.84. The molecule has 5 nitrogen and oxygen atoms in total. The summed E-state index contributed by atoms with van der Waals surface area (Å²) < 4.78 is 22.1. The molecule has 3 aromatic rings. The van der Waals surface area contributed by atoms with Crippen LogP contribution in [0.25, 0.3) is 0 Å². The SMILES string of the molecule is CCc1ccc(C(=O)CSc2nnc(COc3ccccc3F)n2[C@H](C)[C@H]2C[C@H]3CC[C@H]2C3)cc1. The first-order valence-corrected chi connectivity index (χ1v) is 13.6. The molecule has 0 N–H and O–H groups in total. The van der Waals surface area contributed by atoms with Crippen LogP contribution in [0.4, 0.5) is 4.39 Å². The minimum Gasteiger partial charge on any atom is -0.483 e. The lowest BCUT2D eigenvalue weighted by molar-refractivity contribution is 0.102. The van der Waals surface area contributed by atoms with E-state index < -0.39 is 5.82 Å². The molecule has 4 atom stereocenters. The maximum Gasteiger partial charge on any atom is 0.192 e. The fourth-order valence-corrected chi connectivity index (χ4v) is 6.77. The number of hydrogen-bond donors (Lipinski definition) is 0. The van der Waals surface area contributed by atoms with E-state index in [-0.39, 0.29) is 24.2 Å². The van der Waals surface area contributed by atoms with Crippen LogP contribution in [0.3, 0.4) is 0 Å². The maximum atomic E-state index is 14.1. The fourth-order valence-electron chi connectivity index (χ4n) is 5.83. The summed E-state index contributed by atoms with van der Waals surface area (Å²) in [5.74, 6) is 2.97. The van der Waals surface area contributed by atoms with Crippen LogP contribution in [0, 0.1) is 23.6 Å². The molecule has 0 saturated heterocycles. The molecule has 2 fully saturated rings. The summed E-state index contributed by atoms with van der Waals surface area (Å²) >= 11 is 1.42. The topological polar surface area (TPSA) is 57.0 Å². The average molecular weight is 494 g/mol. The summed E-state index contributed by atoms with van der Waals surface area (Å²) in [6.45, 7) is 4.47. The number of aryl methyl sites for hydroxylation is 1. The molecule has 2 aromatic carbocycles. The van der Waals surface area contributed by atoms with Crippen LogP contribution in [0.2, 0.25) is 0 Å². The van der Waals surface area contributed by atoms with Crippen molar-refractivity contribution in [3.8, 4) is 5.75 Å². The van der Waals surface area contributed by atoms with Crippen molar-refractivity contribution in [1.29, 1.82) is 0 Å². The number of carbonyl (C=O) groups excluding carboxylic acids is 1. The second-order valence-electron chi connectivity index (χ2n) is 9.83. The molecule has 0 aliphatic heterocycles. The van der Waals surface area contributed by atoms with E-state index in [1.54, 1.807) is 18.2 Å². The highest BCUT2D eigenvalue weighted by molar-refractivity contribution is 7.99. The Bertz CT molecular complexity index is 1180. The first kappa shape index (κ1) is 24.0. The lowest BCUT2D eigenvalue weighted by Gasteiger charge is -2.30. The molecule has 7 heteroatoms. The van der Waals surface area contributed by atoms with Crippen molar-refractivity contribution in [2.24, 2.45) is 17.8 Å². The van der Waals surface area contributed by atoms with Crippen LogP contribution in [0.5, 0.6) is 5.75 Å². The normalized spacial score (nSPS) is 21.9. The van der Waals surface area contributed by atoms with Crippen molar-refractivity contribution in [2.45, 2.75) is 63.8 Å². The zero-order chi connectivity index (χ0) is 24.4. The standard InChI is InChI=1S/C28H32FN3O2S/c1-3-19-8-11-21(12-9-19)25(33)17-35-28-31-30-27(16-34-26-7-5-4-6-24(26)29)32(28)18(2)23-15-20-10-13-22(23)14-20/h4-9,11-12,18,20,22-23H,3,10,13-17H2,1-2H3/t18-,20+,22+,23-/m1/s1. The van der Waals surface area contributed by atoms with E-state index in [1.807, 2.05) is 24.3 Å². The highest BCUT2D eigenvalue weighted by Crippen LogP contribution is 2.52. The summed E-state index contributed by atoms with van der Waals surface area (Å²) in [5, 5.41) is 9.60. The van der Waals surface area contributed by atoms with E-state index in [2.05, 4.69) is 28.6 Å². The molecular formula is C28H32FN3O2S. The molecular weight excluding hydrogens is 461 g/mol. The van der Waals surface area contributed by atoms with Crippen LogP contribution < -0.4 is 4.74 Å². The van der Waals surface area contributed by atoms with Gasteiger partial charge >= 0.3 is 0 Å². The Morgan fingerprint density at radius 2 is 1.94 bits per heavy atom. The third-order valence-electron chi connectivity index (χ3n) is 7.76. The first-order chi connectivity index (χ1) is 17.0. The Balaban J connectivity index is 1.35. The minimum absolute atomic E-state index is 0.0731. The van der Waals surface area contributed by atoms with Gasteiger partial charge < -0.3 is 4.74 Å². The van der Waals surface area contributed by atoms with Gasteiger partial charge in [0, 0.05) is 11.6 Å². The number of aromatic nitrogens is 3. The first-order valence-electron chi connectivity index (χ1n) is 12.6. The van der Waals surface area contributed by atoms with Crippen molar-refractivity contribution >= 4 is 17.5 Å². The molecule has 1 aromatic heterocycles. The third kappa shape index (κ3) is 5.15. The van der Waals surface area contributed by atoms with E-state index in [0.717, 1.165) is 23.4 Å². The van der Waals surface area contributed by atoms with Gasteiger partial charge in [-0.05, 0) is 68.1 Å². The Labute approximate surface area is 210 Å². The van der Waals surface area contributed by atoms with Gasteiger partial charge in [0.15, 0.2) is 28.3 Å². The number of halogens is 1. The number of Topliss-reactive ketones (excluding diaryl/α,β-unsaturated/α-hetero) is 1. The summed E-state index contributed by atoms with van der Waals surface area (Å²) in [7, 11) is 0. The number of carbonyl (C=O) groups is 1. The van der Waals surface area contributed by atoms with Crippen LogP contribution in [0.15, 0.2) is 53.7 Å². The van der Waals surface area contributed by atoms with Crippen molar-refractivity contribution in [2.75, 3.05) is 5.75 Å². The summed E-state index contributed by atoms with van der Waals surface area (Å²) in [6.07, 6.45) is 6.12. The van der Waals surface area contributed by atoms with E-state index in [4.69, 9.17) is 4.74 Å². The van der Waals surface area contributed by atoms with E-state index >= 15 is 0 Å². The van der Waals surface area contributed by atoms with E-state index in [0.29, 0.717) is 23.1 Å². The molecule has 184 valence electrons. The second-order valence-corrected chi connectivity index (χ2v) is 10.8. The zero-order valence-corrected chi connectivity index (χ0v) is 21.1. The predicted octanol–water partition coefficient (Wildman–Crippen LogP) is 6.53. The van der Waals surface area contributed by atoms with Gasteiger partial charge in [-0.1, -0.05) is 61.5 Å². The molecule has 2 saturated carbocycles. The van der Waals surface area contributed by atoms with Crippen molar-refractivity contribution in [3.63, 3.8) is 0 Å². The number of ether oxygens (including phenoxy) is 1. The number of fused-ring (bicyclic) bond motifs is 2. The number of hydrogen-bond acceptors (Lipinski definition) is 5. The van der Waals surface area contributed by atoms with Gasteiger partial charge in [0.25, 0.3) is 0 Å². The molecule has 0 unspecified atom stereocenters. The summed E-state index contributed by atoms with van der Waals surface area (Å²) in [5.41, 5.74) is 1.93. The van der Waals surface area contributed by atoms with Crippen LogP contribution in [-0.4, -0.2) is 26.3 Å². The molecule has 2 aliphatic carbocycles. The largest absolute Gasteiger partial charge is 0.483 e. The fraction of sp³-hybridized carbons (Fsp3) is 0.464. The molecule has 0 amide bonds. The predicted molar refractivity (Wildman–Crippen MR) is 135 cm³/mol. The minimum atomic E-state index is -0.394. The van der Waals surface area contributed by atoms with Gasteiger partial charge in [0.1, 0.15) is 6.61 Å². The number of para-hydroxylation sites is 1. The summed E-state index contributed by atoms with van der Waals surface area (Å²) in [6, 6.07) is 14.4. The molecule has 2 bridgehead atoms. The third-order valence-corrected chi connectivity index (χ3v) is 8.71. The van der Waals surface area contributed by atoms with Crippen molar-refractivity contribution < 1.29 is 13.9 Å². The summed E-state index contributed by atoms with van der Waals surface area (Å²) in [4.78, 5) is 12.9. The second kappa shape index (κ2) is 10.5. The smallest absolute Gasteiger partial charge is 0.192 e. The quantitative estimate of drug-likeness (QED) is 0.237. The molecule has 2 aliphatic rings. The Morgan fingerprint density at radius 3 is 2.63 bits per heavy atom. The van der Waals surface area contributed by atoms with Gasteiger partial charge in [-0.2, -0.15) is 0 Å².